The van der Waals surface area contributed by atoms with Gasteiger partial charge >= 0.3 is 18.0 Å². The zero-order valence-electron chi connectivity index (χ0n) is 14.4. The number of nitrogens with zero attached hydrogens (tertiary/aromatic N) is 1. The fourth-order valence-corrected chi connectivity index (χ4v) is 3.33. The van der Waals surface area contributed by atoms with E-state index in [1.54, 1.807) is 0 Å². The van der Waals surface area contributed by atoms with Crippen molar-refractivity contribution in [3.63, 3.8) is 0 Å². The van der Waals surface area contributed by atoms with E-state index in [4.69, 9.17) is 5.11 Å². The molecule has 0 spiro atoms. The van der Waals surface area contributed by atoms with E-state index in [1.165, 1.54) is 4.90 Å². The molecule has 2 rings (SSSR count). The molecule has 2 atom stereocenters. The molecule has 0 aliphatic carbocycles. The molecule has 0 aromatic heterocycles. The van der Waals surface area contributed by atoms with Crippen molar-refractivity contribution < 1.29 is 29.7 Å². The van der Waals surface area contributed by atoms with E-state index in [9.17, 15) is 24.6 Å². The van der Waals surface area contributed by atoms with Crippen LogP contribution < -0.4 is 5.32 Å². The Morgan fingerprint density at radius 1 is 1.19 bits per heavy atom. The highest BCUT2D eigenvalue weighted by Gasteiger charge is 2.49. The van der Waals surface area contributed by atoms with Crippen LogP contribution in [0.5, 0.6) is 0 Å². The summed E-state index contributed by atoms with van der Waals surface area (Å²) in [5, 5.41) is 31.0. The Morgan fingerprint density at radius 3 is 2.50 bits per heavy atom. The minimum absolute atomic E-state index is 0.137. The summed E-state index contributed by atoms with van der Waals surface area (Å²) in [6.45, 7) is -0.504. The van der Waals surface area contributed by atoms with E-state index in [1.807, 2.05) is 30.3 Å². The van der Waals surface area contributed by atoms with Crippen LogP contribution in [-0.4, -0.2) is 63.9 Å². The average molecular weight is 364 g/mol. The van der Waals surface area contributed by atoms with Crippen molar-refractivity contribution in [2.24, 2.45) is 5.41 Å². The summed E-state index contributed by atoms with van der Waals surface area (Å²) in [7, 11) is 0. The lowest BCUT2D eigenvalue weighted by atomic mass is 9.73. The van der Waals surface area contributed by atoms with Crippen LogP contribution in [0.1, 0.15) is 24.8 Å². The molecule has 0 unspecified atom stereocenters. The zero-order chi connectivity index (χ0) is 19.2. The number of amides is 2. The van der Waals surface area contributed by atoms with Crippen LogP contribution in [0, 0.1) is 5.41 Å². The molecular weight excluding hydrogens is 340 g/mol. The Morgan fingerprint density at radius 2 is 1.88 bits per heavy atom. The van der Waals surface area contributed by atoms with Gasteiger partial charge in [0, 0.05) is 13.1 Å². The molecule has 1 heterocycles. The van der Waals surface area contributed by atoms with E-state index >= 15 is 0 Å². The zero-order valence-corrected chi connectivity index (χ0v) is 14.4. The second-order valence-electron chi connectivity index (χ2n) is 6.58. The molecule has 4 N–H and O–H groups in total. The summed E-state index contributed by atoms with van der Waals surface area (Å²) in [6, 6.07) is 9.00. The number of aliphatic carboxylic acids is 2. The SMILES string of the molecule is O=C(O)CNC(=O)N1CC[C@@H](O)[C@](CCCc2ccccc2)(C(=O)O)C1. The van der Waals surface area contributed by atoms with Gasteiger partial charge in [-0.3, -0.25) is 9.59 Å². The smallest absolute Gasteiger partial charge is 0.323 e. The Hall–Kier alpha value is -2.61. The number of aryl methyl sites for hydroxylation is 1. The average Bonchev–Trinajstić information content (AvgIpc) is 2.62. The van der Waals surface area contributed by atoms with Gasteiger partial charge in [-0.1, -0.05) is 30.3 Å². The number of aliphatic hydroxyl groups is 1. The molecule has 1 aliphatic heterocycles. The van der Waals surface area contributed by atoms with Gasteiger partial charge < -0.3 is 25.5 Å². The summed E-state index contributed by atoms with van der Waals surface area (Å²) in [4.78, 5) is 35.9. The maximum Gasteiger partial charge on any atom is 0.323 e. The Balaban J connectivity index is 2.04. The largest absolute Gasteiger partial charge is 0.481 e. The van der Waals surface area contributed by atoms with Crippen molar-refractivity contribution >= 4 is 18.0 Å². The molecule has 0 radical (unpaired) electrons. The quantitative estimate of drug-likeness (QED) is 0.570. The van der Waals surface area contributed by atoms with Gasteiger partial charge in [0.25, 0.3) is 0 Å². The normalized spacial score (nSPS) is 22.7. The topological polar surface area (TPSA) is 127 Å². The molecule has 0 bridgehead atoms. The van der Waals surface area contributed by atoms with Crippen LogP contribution >= 0.6 is 0 Å². The first-order chi connectivity index (χ1) is 12.3. The lowest BCUT2D eigenvalue weighted by Gasteiger charge is -2.43. The van der Waals surface area contributed by atoms with Crippen LogP contribution in [0.2, 0.25) is 0 Å². The van der Waals surface area contributed by atoms with Gasteiger partial charge in [-0.2, -0.15) is 0 Å². The maximum absolute atomic E-state index is 12.1. The number of hydrogen-bond donors (Lipinski definition) is 4. The van der Waals surface area contributed by atoms with Crippen LogP contribution in [0.4, 0.5) is 4.79 Å². The number of carboxylic acids is 2. The predicted octanol–water partition coefficient (Wildman–Crippen LogP) is 0.941. The van der Waals surface area contributed by atoms with Gasteiger partial charge in [0.1, 0.15) is 12.0 Å². The third kappa shape index (κ3) is 4.72. The number of carboxylic acid groups (broad SMARTS) is 2. The number of benzene rings is 1. The number of hydrogen-bond acceptors (Lipinski definition) is 4. The first kappa shape index (κ1) is 19.7. The van der Waals surface area contributed by atoms with Crippen molar-refractivity contribution in [2.75, 3.05) is 19.6 Å². The van der Waals surface area contributed by atoms with Crippen LogP contribution in [0.3, 0.4) is 0 Å². The van der Waals surface area contributed by atoms with Gasteiger partial charge in [0.2, 0.25) is 0 Å². The van der Waals surface area contributed by atoms with E-state index in [-0.39, 0.29) is 25.9 Å². The van der Waals surface area contributed by atoms with Crippen LogP contribution in [0.15, 0.2) is 30.3 Å². The minimum atomic E-state index is -1.45. The highest BCUT2D eigenvalue weighted by Crippen LogP contribution is 2.36. The van der Waals surface area contributed by atoms with Crippen LogP contribution in [0.25, 0.3) is 0 Å². The molecule has 8 nitrogen and oxygen atoms in total. The highest BCUT2D eigenvalue weighted by atomic mass is 16.4. The Kier molecular flexibility index (Phi) is 6.57. The minimum Gasteiger partial charge on any atom is -0.481 e. The molecular formula is C18H24N2O6. The summed E-state index contributed by atoms with van der Waals surface area (Å²) < 4.78 is 0. The number of piperidine rings is 1. The number of nitrogens with one attached hydrogen (secondary N) is 1. The molecule has 1 aliphatic rings. The van der Waals surface area contributed by atoms with Gasteiger partial charge in [0.05, 0.1) is 6.10 Å². The van der Waals surface area contributed by atoms with Crippen molar-refractivity contribution in [2.45, 2.75) is 31.8 Å². The standard InChI is InChI=1S/C18H24N2O6/c21-14-8-10-20(17(26)19-11-15(22)23)12-18(14,16(24)25)9-4-7-13-5-2-1-3-6-13/h1-3,5-6,14,21H,4,7-12H2,(H,19,26)(H,22,23)(H,24,25)/t14-,18-/m1/s1. The second kappa shape index (κ2) is 8.66. The van der Waals surface area contributed by atoms with Crippen molar-refractivity contribution in [1.82, 2.24) is 10.2 Å². The number of likely N-dealkylation sites (tertiary alicyclic amines) is 1. The fourth-order valence-electron chi connectivity index (χ4n) is 3.33. The summed E-state index contributed by atoms with van der Waals surface area (Å²) in [5.41, 5.74) is -0.373. The number of urea groups is 1. The van der Waals surface area contributed by atoms with Gasteiger partial charge in [0.15, 0.2) is 0 Å². The molecule has 2 amide bonds. The van der Waals surface area contributed by atoms with Crippen molar-refractivity contribution in [3.05, 3.63) is 35.9 Å². The van der Waals surface area contributed by atoms with Crippen molar-refractivity contribution in [3.8, 4) is 0 Å². The van der Waals surface area contributed by atoms with E-state index in [2.05, 4.69) is 5.32 Å². The van der Waals surface area contributed by atoms with Crippen molar-refractivity contribution in [1.29, 1.82) is 0 Å². The van der Waals surface area contributed by atoms with E-state index in [0.29, 0.717) is 12.8 Å². The molecule has 0 saturated carbocycles. The molecule has 8 heteroatoms. The predicted molar refractivity (Wildman–Crippen MR) is 92.7 cm³/mol. The van der Waals surface area contributed by atoms with Crippen LogP contribution in [-0.2, 0) is 16.0 Å². The van der Waals surface area contributed by atoms with E-state index in [0.717, 1.165) is 5.56 Å². The molecule has 1 saturated heterocycles. The molecule has 26 heavy (non-hydrogen) atoms. The summed E-state index contributed by atoms with van der Waals surface area (Å²) >= 11 is 0. The number of carbonyl (C=O) groups is 3. The first-order valence-corrected chi connectivity index (χ1v) is 8.55. The lowest BCUT2D eigenvalue weighted by molar-refractivity contribution is -0.162. The molecule has 1 aromatic carbocycles. The monoisotopic (exact) mass is 364 g/mol. The third-order valence-electron chi connectivity index (χ3n) is 4.82. The lowest BCUT2D eigenvalue weighted by Crippen LogP contribution is -2.59. The van der Waals surface area contributed by atoms with Gasteiger partial charge in [-0.15, -0.1) is 0 Å². The highest BCUT2D eigenvalue weighted by molar-refractivity contribution is 5.82. The summed E-state index contributed by atoms with van der Waals surface area (Å²) in [5.74, 6) is -2.32. The van der Waals surface area contributed by atoms with Gasteiger partial charge in [-0.05, 0) is 31.2 Å². The number of rotatable bonds is 7. The second-order valence-corrected chi connectivity index (χ2v) is 6.58. The fraction of sp³-hybridized carbons (Fsp3) is 0.500. The third-order valence-corrected chi connectivity index (χ3v) is 4.82. The van der Waals surface area contributed by atoms with E-state index < -0.39 is 36.0 Å². The Bertz CT molecular complexity index is 650. The van der Waals surface area contributed by atoms with Gasteiger partial charge in [-0.25, -0.2) is 4.79 Å². The molecule has 142 valence electrons. The first-order valence-electron chi connectivity index (χ1n) is 8.55. The number of aliphatic hydroxyl groups excluding tert-OH is 1. The Labute approximate surface area is 151 Å². The maximum atomic E-state index is 12.1. The summed E-state index contributed by atoms with van der Waals surface area (Å²) in [6.07, 6.45) is 0.532. The molecule has 1 fully saturated rings. The molecule has 1 aromatic rings. The number of carbonyl (C=O) groups excluding carboxylic acids is 1.